The molecule has 0 N–H and O–H groups in total. The number of rotatable bonds is 5. The van der Waals surface area contributed by atoms with Gasteiger partial charge in [-0.3, -0.25) is 4.79 Å². The van der Waals surface area contributed by atoms with Crippen LogP contribution in [0.2, 0.25) is 0 Å². The molecule has 0 aliphatic carbocycles. The zero-order valence-corrected chi connectivity index (χ0v) is 15.2. The van der Waals surface area contributed by atoms with E-state index >= 15 is 0 Å². The number of piperazine rings is 1. The fourth-order valence-electron chi connectivity index (χ4n) is 3.40. The molecular weight excluding hydrogens is 344 g/mol. The Balaban J connectivity index is 1.42. The largest absolute Gasteiger partial charge is 0.461 e. The second kappa shape index (κ2) is 7.75. The average Bonchev–Trinajstić information content (AvgIpc) is 3.38. The highest BCUT2D eigenvalue weighted by Gasteiger charge is 2.30. The number of benzene rings is 1. The number of aryl methyl sites for hydroxylation is 1. The molecule has 0 bridgehead atoms. The Hall–Kier alpha value is -2.93. The van der Waals surface area contributed by atoms with Crippen LogP contribution in [0.15, 0.2) is 57.7 Å². The minimum Gasteiger partial charge on any atom is -0.461 e. The van der Waals surface area contributed by atoms with E-state index in [9.17, 15) is 4.79 Å². The first-order valence-corrected chi connectivity index (χ1v) is 9.10. The van der Waals surface area contributed by atoms with Gasteiger partial charge in [-0.1, -0.05) is 35.5 Å². The average molecular weight is 366 g/mol. The van der Waals surface area contributed by atoms with Crippen molar-refractivity contribution in [2.24, 2.45) is 0 Å². The van der Waals surface area contributed by atoms with E-state index in [0.717, 1.165) is 25.2 Å². The van der Waals surface area contributed by atoms with Crippen LogP contribution in [0.25, 0.3) is 11.6 Å². The number of amides is 1. The van der Waals surface area contributed by atoms with Crippen molar-refractivity contribution in [2.45, 2.75) is 18.9 Å². The monoisotopic (exact) mass is 366 g/mol. The quantitative estimate of drug-likeness (QED) is 0.691. The van der Waals surface area contributed by atoms with Gasteiger partial charge in [0, 0.05) is 32.5 Å². The van der Waals surface area contributed by atoms with E-state index in [2.05, 4.69) is 34.2 Å². The van der Waals surface area contributed by atoms with E-state index in [0.29, 0.717) is 30.3 Å². The van der Waals surface area contributed by atoms with Crippen LogP contribution in [0, 0.1) is 0 Å². The summed E-state index contributed by atoms with van der Waals surface area (Å²) in [5.41, 5.74) is 1.16. The number of hydrogen-bond acceptors (Lipinski definition) is 6. The van der Waals surface area contributed by atoms with Gasteiger partial charge < -0.3 is 18.7 Å². The fraction of sp³-hybridized carbons (Fsp3) is 0.350. The minimum atomic E-state index is 0.0683. The van der Waals surface area contributed by atoms with E-state index in [1.54, 1.807) is 18.4 Å². The van der Waals surface area contributed by atoms with Crippen LogP contribution in [0.3, 0.4) is 0 Å². The van der Waals surface area contributed by atoms with E-state index in [1.807, 2.05) is 23.1 Å². The molecule has 7 heteroatoms. The Labute approximate surface area is 157 Å². The van der Waals surface area contributed by atoms with Crippen molar-refractivity contribution in [3.05, 3.63) is 60.2 Å². The number of carbonyl (C=O) groups excluding carboxylic acids is 1. The second-order valence-corrected chi connectivity index (χ2v) is 6.76. The molecule has 0 spiro atoms. The molecule has 0 saturated carbocycles. The number of aromatic nitrogens is 2. The first kappa shape index (κ1) is 17.5. The van der Waals surface area contributed by atoms with Gasteiger partial charge in [0.25, 0.3) is 0 Å². The Morgan fingerprint density at radius 1 is 1.19 bits per heavy atom. The molecular formula is C20H22N4O3. The van der Waals surface area contributed by atoms with Crippen molar-refractivity contribution in [1.82, 2.24) is 19.9 Å². The van der Waals surface area contributed by atoms with Gasteiger partial charge in [-0.05, 0) is 24.7 Å². The molecule has 1 aliphatic heterocycles. The van der Waals surface area contributed by atoms with Gasteiger partial charge in [-0.15, -0.1) is 0 Å². The summed E-state index contributed by atoms with van der Waals surface area (Å²) >= 11 is 0. The van der Waals surface area contributed by atoms with Crippen LogP contribution in [0.4, 0.5) is 0 Å². The van der Waals surface area contributed by atoms with Crippen LogP contribution in [-0.2, 0) is 11.2 Å². The van der Waals surface area contributed by atoms with Crippen LogP contribution in [0.5, 0.6) is 0 Å². The van der Waals surface area contributed by atoms with Crippen molar-refractivity contribution < 1.29 is 13.7 Å². The second-order valence-electron chi connectivity index (χ2n) is 6.76. The smallest absolute Gasteiger partial charge is 0.238 e. The maximum Gasteiger partial charge on any atom is 0.238 e. The highest BCUT2D eigenvalue weighted by atomic mass is 16.5. The van der Waals surface area contributed by atoms with Gasteiger partial charge in [0.15, 0.2) is 5.76 Å². The molecule has 2 aromatic heterocycles. The summed E-state index contributed by atoms with van der Waals surface area (Å²) in [5, 5.41) is 3.91. The number of furan rings is 1. The van der Waals surface area contributed by atoms with Gasteiger partial charge in [-0.2, -0.15) is 4.98 Å². The van der Waals surface area contributed by atoms with E-state index < -0.39 is 0 Å². The van der Waals surface area contributed by atoms with E-state index in [4.69, 9.17) is 8.94 Å². The van der Waals surface area contributed by atoms with Gasteiger partial charge in [0.1, 0.15) is 0 Å². The lowest BCUT2D eigenvalue weighted by molar-refractivity contribution is -0.136. The molecule has 3 aromatic rings. The number of hydrogen-bond donors (Lipinski definition) is 0. The summed E-state index contributed by atoms with van der Waals surface area (Å²) in [6, 6.07) is 13.8. The van der Waals surface area contributed by atoms with Gasteiger partial charge in [-0.25, -0.2) is 0 Å². The third-order valence-electron chi connectivity index (χ3n) is 4.85. The number of carbonyl (C=O) groups is 1. The molecule has 0 radical (unpaired) electrons. The highest BCUT2D eigenvalue weighted by Crippen LogP contribution is 2.26. The van der Waals surface area contributed by atoms with Gasteiger partial charge >= 0.3 is 0 Å². The van der Waals surface area contributed by atoms with Crippen molar-refractivity contribution >= 4 is 5.91 Å². The molecule has 1 saturated heterocycles. The summed E-state index contributed by atoms with van der Waals surface area (Å²) < 4.78 is 10.5. The minimum absolute atomic E-state index is 0.0683. The highest BCUT2D eigenvalue weighted by molar-refractivity contribution is 5.77. The lowest BCUT2D eigenvalue weighted by atomic mass is 10.0. The topological polar surface area (TPSA) is 75.6 Å². The first-order chi connectivity index (χ1) is 13.2. The Morgan fingerprint density at radius 3 is 2.81 bits per heavy atom. The van der Waals surface area contributed by atoms with Gasteiger partial charge in [0.2, 0.25) is 17.6 Å². The van der Waals surface area contributed by atoms with Gasteiger partial charge in [0.05, 0.1) is 12.3 Å². The molecule has 1 aliphatic rings. The van der Waals surface area contributed by atoms with Crippen molar-refractivity contribution in [1.29, 1.82) is 0 Å². The van der Waals surface area contributed by atoms with E-state index in [1.165, 1.54) is 0 Å². The predicted octanol–water partition coefficient (Wildman–Crippen LogP) is 2.78. The Kier molecular flexibility index (Phi) is 5.02. The molecule has 140 valence electrons. The lowest BCUT2D eigenvalue weighted by Crippen LogP contribution is -2.49. The molecule has 1 fully saturated rings. The maximum atomic E-state index is 12.9. The van der Waals surface area contributed by atoms with Crippen molar-refractivity contribution in [3.8, 4) is 11.6 Å². The summed E-state index contributed by atoms with van der Waals surface area (Å²) in [6.07, 6.45) is 2.32. The normalized spacial score (nSPS) is 18.0. The molecule has 1 atom stereocenters. The predicted molar refractivity (Wildman–Crippen MR) is 98.7 cm³/mol. The number of nitrogens with zero attached hydrogens (tertiary/aromatic N) is 4. The third kappa shape index (κ3) is 3.93. The zero-order chi connectivity index (χ0) is 18.6. The fourth-order valence-corrected chi connectivity index (χ4v) is 3.40. The van der Waals surface area contributed by atoms with Crippen molar-refractivity contribution in [2.75, 3.05) is 26.7 Å². The lowest BCUT2D eigenvalue weighted by Gasteiger charge is -2.40. The zero-order valence-electron chi connectivity index (χ0n) is 15.2. The molecule has 4 rings (SSSR count). The molecule has 1 aromatic carbocycles. The molecule has 27 heavy (non-hydrogen) atoms. The summed E-state index contributed by atoms with van der Waals surface area (Å²) in [6.45, 7) is 2.42. The first-order valence-electron chi connectivity index (χ1n) is 9.10. The van der Waals surface area contributed by atoms with E-state index in [-0.39, 0.29) is 11.9 Å². The van der Waals surface area contributed by atoms with Crippen LogP contribution in [0.1, 0.15) is 23.9 Å². The number of likely N-dealkylation sites (N-methyl/N-ethyl adjacent to an activating group) is 1. The van der Waals surface area contributed by atoms with Crippen LogP contribution < -0.4 is 0 Å². The SMILES string of the molecule is CN1CCN(C(=O)CCc2nc(-c3ccco3)no2)C(c2ccccc2)C1. The third-order valence-corrected chi connectivity index (χ3v) is 4.85. The Morgan fingerprint density at radius 2 is 2.04 bits per heavy atom. The summed E-state index contributed by atoms with van der Waals surface area (Å²) in [7, 11) is 2.09. The molecule has 1 amide bonds. The summed E-state index contributed by atoms with van der Waals surface area (Å²) in [5.74, 6) is 1.51. The van der Waals surface area contributed by atoms with Crippen LogP contribution in [-0.4, -0.2) is 52.5 Å². The maximum absolute atomic E-state index is 12.9. The molecule has 3 heterocycles. The summed E-state index contributed by atoms with van der Waals surface area (Å²) in [4.78, 5) is 21.4. The molecule has 7 nitrogen and oxygen atoms in total. The van der Waals surface area contributed by atoms with Crippen LogP contribution >= 0.6 is 0 Å². The molecule has 1 unspecified atom stereocenters. The van der Waals surface area contributed by atoms with Crippen molar-refractivity contribution in [3.63, 3.8) is 0 Å². The standard InChI is InChI=1S/C20H22N4O3/c1-23-11-12-24(16(14-23)15-6-3-2-4-7-15)19(25)10-9-18-21-20(22-27-18)17-8-5-13-26-17/h2-8,13,16H,9-12,14H2,1H3. The Bertz CT molecular complexity index is 876.